The van der Waals surface area contributed by atoms with Crippen LogP contribution in [0, 0.1) is 17.8 Å². The summed E-state index contributed by atoms with van der Waals surface area (Å²) < 4.78 is 0. The Bertz CT molecular complexity index is 443. The maximum Gasteiger partial charge on any atom is 0.166 e. The number of fused-ring (bicyclic) bond motifs is 2. The van der Waals surface area contributed by atoms with E-state index in [4.69, 9.17) is 0 Å². The third-order valence-corrected chi connectivity index (χ3v) is 4.94. The normalized spacial score (nSPS) is 30.1. The van der Waals surface area contributed by atoms with Gasteiger partial charge in [0.25, 0.3) is 0 Å². The number of ketones is 1. The number of benzene rings is 1. The van der Waals surface area contributed by atoms with Gasteiger partial charge in [0.05, 0.1) is 0 Å². The van der Waals surface area contributed by atoms with E-state index in [1.54, 1.807) is 0 Å². The van der Waals surface area contributed by atoms with E-state index < -0.39 is 0 Å². The Balaban J connectivity index is 1.76. The van der Waals surface area contributed by atoms with Gasteiger partial charge in [-0.2, -0.15) is 0 Å². The van der Waals surface area contributed by atoms with Gasteiger partial charge in [-0.15, -0.1) is 0 Å². The minimum Gasteiger partial charge on any atom is -0.294 e. The number of Topliss-reactive ketones (excluding diaryl/α,β-unsaturated/α-hetero) is 1. The van der Waals surface area contributed by atoms with Crippen molar-refractivity contribution in [2.24, 2.45) is 17.8 Å². The van der Waals surface area contributed by atoms with Crippen LogP contribution in [0.3, 0.4) is 0 Å². The summed E-state index contributed by atoms with van der Waals surface area (Å²) >= 11 is 0. The Kier molecular flexibility index (Phi) is 3.01. The minimum absolute atomic E-state index is 0.327. The smallest absolute Gasteiger partial charge is 0.166 e. The van der Waals surface area contributed by atoms with Crippen LogP contribution in [-0.2, 0) is 0 Å². The van der Waals surface area contributed by atoms with E-state index >= 15 is 0 Å². The maximum atomic E-state index is 12.5. The largest absolute Gasteiger partial charge is 0.294 e. The summed E-state index contributed by atoms with van der Waals surface area (Å²) in [5.74, 6) is 2.80. The molecule has 0 saturated heterocycles. The fourth-order valence-corrected chi connectivity index (χ4v) is 3.81. The molecule has 2 saturated carbocycles. The monoisotopic (exact) mass is 242 g/mol. The lowest BCUT2D eigenvalue weighted by Crippen LogP contribution is -2.21. The highest BCUT2D eigenvalue weighted by Crippen LogP contribution is 2.49. The number of rotatable bonds is 3. The van der Waals surface area contributed by atoms with E-state index in [0.717, 1.165) is 17.9 Å². The average molecular weight is 242 g/mol. The molecule has 2 fully saturated rings. The summed E-state index contributed by atoms with van der Waals surface area (Å²) in [5.41, 5.74) is 2.25. The molecule has 0 heterocycles. The molecular weight excluding hydrogens is 220 g/mol. The molecule has 3 unspecified atom stereocenters. The highest BCUT2D eigenvalue weighted by atomic mass is 16.1. The quantitative estimate of drug-likeness (QED) is 0.717. The van der Waals surface area contributed by atoms with Gasteiger partial charge in [-0.1, -0.05) is 44.5 Å². The predicted octanol–water partition coefficient (Wildman–Crippen LogP) is 4.43. The van der Waals surface area contributed by atoms with Crippen LogP contribution in [0.25, 0.3) is 0 Å². The molecule has 0 aromatic heterocycles. The number of hydrogen-bond donors (Lipinski definition) is 0. The molecule has 1 aromatic carbocycles. The van der Waals surface area contributed by atoms with Gasteiger partial charge in [-0.25, -0.2) is 0 Å². The van der Waals surface area contributed by atoms with Crippen molar-refractivity contribution in [3.63, 3.8) is 0 Å². The molecule has 2 aliphatic rings. The van der Waals surface area contributed by atoms with Crippen LogP contribution in [0.15, 0.2) is 24.3 Å². The van der Waals surface area contributed by atoms with Crippen molar-refractivity contribution in [2.75, 3.05) is 0 Å². The van der Waals surface area contributed by atoms with Crippen LogP contribution in [0.5, 0.6) is 0 Å². The zero-order chi connectivity index (χ0) is 12.7. The summed E-state index contributed by atoms with van der Waals surface area (Å²) in [4.78, 5) is 12.5. The first-order valence-corrected chi connectivity index (χ1v) is 7.29. The molecule has 1 heteroatoms. The van der Waals surface area contributed by atoms with Gasteiger partial charge < -0.3 is 0 Å². The zero-order valence-electron chi connectivity index (χ0n) is 11.4. The van der Waals surface area contributed by atoms with Crippen molar-refractivity contribution in [1.29, 1.82) is 0 Å². The van der Waals surface area contributed by atoms with Crippen LogP contribution in [-0.4, -0.2) is 5.78 Å². The Hall–Kier alpha value is -1.11. The first-order valence-electron chi connectivity index (χ1n) is 7.29. The van der Waals surface area contributed by atoms with E-state index in [0.29, 0.717) is 23.5 Å². The molecule has 0 aliphatic heterocycles. The van der Waals surface area contributed by atoms with Gasteiger partial charge in [0.1, 0.15) is 0 Å². The van der Waals surface area contributed by atoms with Crippen molar-refractivity contribution in [3.05, 3.63) is 35.4 Å². The van der Waals surface area contributed by atoms with E-state index in [9.17, 15) is 4.79 Å². The second kappa shape index (κ2) is 4.53. The lowest BCUT2D eigenvalue weighted by molar-refractivity contribution is 0.0874. The Morgan fingerprint density at radius 3 is 2.33 bits per heavy atom. The Morgan fingerprint density at radius 2 is 1.83 bits per heavy atom. The molecule has 18 heavy (non-hydrogen) atoms. The van der Waals surface area contributed by atoms with Crippen LogP contribution >= 0.6 is 0 Å². The van der Waals surface area contributed by atoms with E-state index in [-0.39, 0.29) is 0 Å². The van der Waals surface area contributed by atoms with Crippen molar-refractivity contribution in [2.45, 2.75) is 45.4 Å². The van der Waals surface area contributed by atoms with Gasteiger partial charge in [-0.3, -0.25) is 4.79 Å². The first kappa shape index (κ1) is 12.0. The Labute approximate surface area is 110 Å². The number of carbonyl (C=O) groups excluding carboxylic acids is 1. The third kappa shape index (κ3) is 2.00. The summed E-state index contributed by atoms with van der Waals surface area (Å²) in [6, 6.07) is 8.30. The minimum atomic E-state index is 0.327. The second-order valence-corrected chi connectivity index (χ2v) is 6.42. The Morgan fingerprint density at radius 1 is 1.11 bits per heavy atom. The molecule has 0 N–H and O–H groups in total. The molecule has 2 bridgehead atoms. The first-order chi connectivity index (χ1) is 8.65. The second-order valence-electron chi connectivity index (χ2n) is 6.42. The summed E-state index contributed by atoms with van der Waals surface area (Å²) in [6.45, 7) is 4.37. The van der Waals surface area contributed by atoms with Crippen LogP contribution in [0.1, 0.15) is 61.4 Å². The molecule has 0 spiro atoms. The number of carbonyl (C=O) groups is 1. The van der Waals surface area contributed by atoms with Gasteiger partial charge >= 0.3 is 0 Å². The van der Waals surface area contributed by atoms with Crippen molar-refractivity contribution in [3.8, 4) is 0 Å². The highest BCUT2D eigenvalue weighted by Gasteiger charge is 2.43. The van der Waals surface area contributed by atoms with E-state index in [1.165, 1.54) is 24.8 Å². The van der Waals surface area contributed by atoms with Gasteiger partial charge in [0.15, 0.2) is 5.78 Å². The van der Waals surface area contributed by atoms with Gasteiger partial charge in [0, 0.05) is 11.5 Å². The number of hydrogen-bond acceptors (Lipinski definition) is 1. The van der Waals surface area contributed by atoms with Crippen LogP contribution in [0.2, 0.25) is 0 Å². The molecule has 1 nitrogen and oxygen atoms in total. The molecule has 3 atom stereocenters. The molecule has 0 radical (unpaired) electrons. The summed E-state index contributed by atoms with van der Waals surface area (Å²) in [7, 11) is 0. The fraction of sp³-hybridized carbons (Fsp3) is 0.588. The third-order valence-electron chi connectivity index (χ3n) is 4.94. The average Bonchev–Trinajstić information content (AvgIpc) is 3.00. The van der Waals surface area contributed by atoms with Crippen molar-refractivity contribution in [1.82, 2.24) is 0 Å². The lowest BCUT2D eigenvalue weighted by Gasteiger charge is -2.20. The molecular formula is C17H22O. The van der Waals surface area contributed by atoms with Crippen LogP contribution < -0.4 is 0 Å². The molecule has 3 rings (SSSR count). The molecule has 1 aromatic rings. The summed E-state index contributed by atoms with van der Waals surface area (Å²) in [6.07, 6.45) is 5.10. The fourth-order valence-electron chi connectivity index (χ4n) is 3.81. The topological polar surface area (TPSA) is 17.1 Å². The molecule has 0 amide bonds. The van der Waals surface area contributed by atoms with Crippen molar-refractivity contribution < 1.29 is 4.79 Å². The maximum absolute atomic E-state index is 12.5. The van der Waals surface area contributed by atoms with Crippen LogP contribution in [0.4, 0.5) is 0 Å². The molecule has 2 aliphatic carbocycles. The highest BCUT2D eigenvalue weighted by molar-refractivity contribution is 5.98. The zero-order valence-corrected chi connectivity index (χ0v) is 11.4. The lowest BCUT2D eigenvalue weighted by atomic mass is 9.83. The predicted molar refractivity (Wildman–Crippen MR) is 73.8 cm³/mol. The molecule has 96 valence electrons. The van der Waals surface area contributed by atoms with E-state index in [1.807, 2.05) is 12.1 Å². The van der Waals surface area contributed by atoms with Gasteiger partial charge in [-0.05, 0) is 42.6 Å². The van der Waals surface area contributed by atoms with Crippen molar-refractivity contribution >= 4 is 5.78 Å². The standard InChI is InChI=1S/C17H22O/c1-11(2)13-5-7-14(8-6-13)17(18)16-10-12-3-4-15(16)9-12/h5-8,11-12,15-16H,3-4,9-10H2,1-2H3. The SMILES string of the molecule is CC(C)c1ccc(C(=O)C2CC3CCC2C3)cc1. The van der Waals surface area contributed by atoms with E-state index in [2.05, 4.69) is 26.0 Å². The summed E-state index contributed by atoms with van der Waals surface area (Å²) in [5, 5.41) is 0. The van der Waals surface area contributed by atoms with Gasteiger partial charge in [0.2, 0.25) is 0 Å².